The summed E-state index contributed by atoms with van der Waals surface area (Å²) in [5, 5.41) is 0. The minimum Gasteiger partial charge on any atom is -0.473 e. The zero-order chi connectivity index (χ0) is 11.4. The van der Waals surface area contributed by atoms with Crippen molar-refractivity contribution in [3.63, 3.8) is 0 Å². The molecule has 2 rings (SSSR count). The second kappa shape index (κ2) is 5.14. The predicted molar refractivity (Wildman–Crippen MR) is 63.1 cm³/mol. The topological polar surface area (TPSA) is 61.0 Å². The summed E-state index contributed by atoms with van der Waals surface area (Å²) in [4.78, 5) is 8.12. The van der Waals surface area contributed by atoms with Gasteiger partial charge in [-0.3, -0.25) is 0 Å². The first-order valence-corrected chi connectivity index (χ1v) is 6.03. The Bertz CT molecular complexity index is 326. The van der Waals surface area contributed by atoms with E-state index in [0.29, 0.717) is 23.7 Å². The number of hydrogen-bond acceptors (Lipinski definition) is 4. The molecule has 0 bridgehead atoms. The number of nitrogen functional groups attached to an aromatic ring is 1. The van der Waals surface area contributed by atoms with E-state index in [4.69, 9.17) is 10.5 Å². The maximum absolute atomic E-state index is 5.88. The quantitative estimate of drug-likeness (QED) is 0.851. The molecule has 1 aromatic rings. The normalized spacial score (nSPS) is 25.3. The Labute approximate surface area is 96.2 Å². The molecule has 0 aliphatic heterocycles. The molecule has 1 heterocycles. The monoisotopic (exact) mass is 221 g/mol. The van der Waals surface area contributed by atoms with Crippen LogP contribution in [0.5, 0.6) is 5.88 Å². The summed E-state index contributed by atoms with van der Waals surface area (Å²) >= 11 is 0. The molecule has 1 aliphatic carbocycles. The Hall–Kier alpha value is -1.32. The summed E-state index contributed by atoms with van der Waals surface area (Å²) in [6.07, 6.45) is 9.60. The van der Waals surface area contributed by atoms with Crippen LogP contribution in [0.3, 0.4) is 0 Å². The summed E-state index contributed by atoms with van der Waals surface area (Å²) in [6, 6.07) is 0. The molecular weight excluding hydrogens is 202 g/mol. The predicted octanol–water partition coefficient (Wildman–Crippen LogP) is 2.41. The van der Waals surface area contributed by atoms with Crippen LogP contribution in [0.1, 0.15) is 39.0 Å². The van der Waals surface area contributed by atoms with Gasteiger partial charge in [0.15, 0.2) is 0 Å². The van der Waals surface area contributed by atoms with E-state index in [1.165, 1.54) is 25.7 Å². The Balaban J connectivity index is 1.99. The van der Waals surface area contributed by atoms with Gasteiger partial charge in [-0.05, 0) is 31.6 Å². The molecular formula is C12H19N3O. The third kappa shape index (κ3) is 2.62. The second-order valence-electron chi connectivity index (χ2n) is 4.39. The van der Waals surface area contributed by atoms with E-state index in [2.05, 4.69) is 16.9 Å². The maximum atomic E-state index is 5.88. The molecule has 0 aromatic carbocycles. The van der Waals surface area contributed by atoms with Crippen molar-refractivity contribution in [2.75, 3.05) is 5.73 Å². The summed E-state index contributed by atoms with van der Waals surface area (Å²) in [7, 11) is 0. The number of ether oxygens (including phenoxy) is 1. The lowest BCUT2D eigenvalue weighted by molar-refractivity contribution is 0.0855. The van der Waals surface area contributed by atoms with Crippen LogP contribution in [0, 0.1) is 5.92 Å². The standard InChI is InChI=1S/C12H19N3O/c1-2-9-5-3-4-6-10(9)16-12-8-14-11(13)7-15-12/h7-10H,2-6H2,1H3,(H2,13,14). The Kier molecular flexibility index (Phi) is 3.59. The fourth-order valence-corrected chi connectivity index (χ4v) is 2.34. The molecule has 88 valence electrons. The van der Waals surface area contributed by atoms with Crippen LogP contribution in [-0.4, -0.2) is 16.1 Å². The molecule has 1 fully saturated rings. The molecule has 0 spiro atoms. The van der Waals surface area contributed by atoms with E-state index in [-0.39, 0.29) is 0 Å². The van der Waals surface area contributed by atoms with E-state index in [1.807, 2.05) is 0 Å². The fourth-order valence-electron chi connectivity index (χ4n) is 2.34. The van der Waals surface area contributed by atoms with Gasteiger partial charge in [0.05, 0.1) is 12.4 Å². The number of aromatic nitrogens is 2. The van der Waals surface area contributed by atoms with Crippen molar-refractivity contribution in [2.24, 2.45) is 5.92 Å². The fraction of sp³-hybridized carbons (Fsp3) is 0.667. The van der Waals surface area contributed by atoms with Crippen molar-refractivity contribution >= 4 is 5.82 Å². The lowest BCUT2D eigenvalue weighted by Gasteiger charge is -2.30. The van der Waals surface area contributed by atoms with Crippen LogP contribution in [0.4, 0.5) is 5.82 Å². The second-order valence-corrected chi connectivity index (χ2v) is 4.39. The number of hydrogen-bond donors (Lipinski definition) is 1. The zero-order valence-corrected chi connectivity index (χ0v) is 9.72. The number of anilines is 1. The number of rotatable bonds is 3. The van der Waals surface area contributed by atoms with Gasteiger partial charge in [0.1, 0.15) is 11.9 Å². The van der Waals surface area contributed by atoms with Gasteiger partial charge in [0, 0.05) is 0 Å². The first kappa shape index (κ1) is 11.2. The lowest BCUT2D eigenvalue weighted by Crippen LogP contribution is -2.30. The van der Waals surface area contributed by atoms with Gasteiger partial charge in [-0.2, -0.15) is 0 Å². The summed E-state index contributed by atoms with van der Waals surface area (Å²) in [5.41, 5.74) is 5.48. The summed E-state index contributed by atoms with van der Waals surface area (Å²) < 4.78 is 5.88. The van der Waals surface area contributed by atoms with Gasteiger partial charge < -0.3 is 10.5 Å². The smallest absolute Gasteiger partial charge is 0.232 e. The molecule has 0 saturated heterocycles. The highest BCUT2D eigenvalue weighted by atomic mass is 16.5. The van der Waals surface area contributed by atoms with Crippen molar-refractivity contribution in [1.29, 1.82) is 0 Å². The van der Waals surface area contributed by atoms with Gasteiger partial charge in [-0.1, -0.05) is 13.3 Å². The highest BCUT2D eigenvalue weighted by molar-refractivity contribution is 5.24. The van der Waals surface area contributed by atoms with Crippen LogP contribution < -0.4 is 10.5 Å². The Morgan fingerprint density at radius 1 is 1.31 bits per heavy atom. The van der Waals surface area contributed by atoms with Crippen molar-refractivity contribution in [3.8, 4) is 5.88 Å². The average Bonchev–Trinajstić information content (AvgIpc) is 2.33. The van der Waals surface area contributed by atoms with Gasteiger partial charge in [-0.25, -0.2) is 9.97 Å². The molecule has 1 aliphatic rings. The average molecular weight is 221 g/mol. The zero-order valence-electron chi connectivity index (χ0n) is 9.72. The molecule has 1 saturated carbocycles. The lowest BCUT2D eigenvalue weighted by atomic mass is 9.85. The first-order valence-electron chi connectivity index (χ1n) is 6.03. The van der Waals surface area contributed by atoms with Crippen LogP contribution in [-0.2, 0) is 0 Å². The van der Waals surface area contributed by atoms with E-state index < -0.39 is 0 Å². The first-order chi connectivity index (χ1) is 7.79. The molecule has 2 N–H and O–H groups in total. The minimum atomic E-state index is 0.302. The molecule has 0 amide bonds. The van der Waals surface area contributed by atoms with E-state index >= 15 is 0 Å². The van der Waals surface area contributed by atoms with Crippen molar-refractivity contribution in [1.82, 2.24) is 9.97 Å². The number of nitrogens with zero attached hydrogens (tertiary/aromatic N) is 2. The largest absolute Gasteiger partial charge is 0.473 e. The van der Waals surface area contributed by atoms with E-state index in [1.54, 1.807) is 12.4 Å². The Morgan fingerprint density at radius 3 is 2.81 bits per heavy atom. The molecule has 2 unspecified atom stereocenters. The van der Waals surface area contributed by atoms with Gasteiger partial charge in [0.25, 0.3) is 0 Å². The minimum absolute atomic E-state index is 0.302. The molecule has 4 heteroatoms. The highest BCUT2D eigenvalue weighted by Crippen LogP contribution is 2.29. The molecule has 2 atom stereocenters. The van der Waals surface area contributed by atoms with Crippen LogP contribution in [0.25, 0.3) is 0 Å². The van der Waals surface area contributed by atoms with Gasteiger partial charge >= 0.3 is 0 Å². The van der Waals surface area contributed by atoms with Gasteiger partial charge in [-0.15, -0.1) is 0 Å². The summed E-state index contributed by atoms with van der Waals surface area (Å²) in [5.74, 6) is 1.69. The Morgan fingerprint density at radius 2 is 2.12 bits per heavy atom. The van der Waals surface area contributed by atoms with Crippen molar-refractivity contribution < 1.29 is 4.74 Å². The maximum Gasteiger partial charge on any atom is 0.232 e. The third-order valence-corrected chi connectivity index (χ3v) is 3.28. The van der Waals surface area contributed by atoms with Crippen molar-refractivity contribution in [2.45, 2.75) is 45.1 Å². The van der Waals surface area contributed by atoms with E-state index in [0.717, 1.165) is 6.42 Å². The number of nitrogens with two attached hydrogens (primary N) is 1. The highest BCUT2D eigenvalue weighted by Gasteiger charge is 2.25. The molecule has 1 aromatic heterocycles. The van der Waals surface area contributed by atoms with Crippen LogP contribution in [0.15, 0.2) is 12.4 Å². The van der Waals surface area contributed by atoms with Crippen LogP contribution >= 0.6 is 0 Å². The third-order valence-electron chi connectivity index (χ3n) is 3.28. The molecule has 16 heavy (non-hydrogen) atoms. The van der Waals surface area contributed by atoms with Crippen molar-refractivity contribution in [3.05, 3.63) is 12.4 Å². The molecule has 0 radical (unpaired) electrons. The molecule has 4 nitrogen and oxygen atoms in total. The SMILES string of the molecule is CCC1CCCCC1Oc1cnc(N)cn1. The van der Waals surface area contributed by atoms with Crippen LogP contribution in [0.2, 0.25) is 0 Å². The summed E-state index contributed by atoms with van der Waals surface area (Å²) in [6.45, 7) is 2.22. The van der Waals surface area contributed by atoms with E-state index in [9.17, 15) is 0 Å². The van der Waals surface area contributed by atoms with Gasteiger partial charge in [0.2, 0.25) is 5.88 Å².